The van der Waals surface area contributed by atoms with Crippen LogP contribution in [0.25, 0.3) is 18.2 Å². The van der Waals surface area contributed by atoms with E-state index < -0.39 is 0 Å². The van der Waals surface area contributed by atoms with Crippen LogP contribution in [0.2, 0.25) is 0 Å². The largest absolute Gasteiger partial charge is 0.300 e. The zero-order valence-corrected chi connectivity index (χ0v) is 21.1. The van der Waals surface area contributed by atoms with E-state index in [4.69, 9.17) is 4.98 Å². The number of carbonyl (C=O) groups excluding carboxylic acids is 1. The Morgan fingerprint density at radius 2 is 1.80 bits per heavy atom. The second-order valence-corrected chi connectivity index (χ2v) is 9.89. The van der Waals surface area contributed by atoms with E-state index in [0.29, 0.717) is 30.5 Å². The third-order valence-corrected chi connectivity index (χ3v) is 7.17. The van der Waals surface area contributed by atoms with Crippen LogP contribution in [0.15, 0.2) is 72.9 Å². The molecule has 3 aromatic rings. The molecule has 0 amide bonds. The molecule has 4 rings (SSSR count). The predicted molar refractivity (Wildman–Crippen MR) is 154 cm³/mol. The van der Waals surface area contributed by atoms with E-state index in [2.05, 4.69) is 92.7 Å². The van der Waals surface area contributed by atoms with Gasteiger partial charge in [-0.25, -0.2) is 0 Å². The van der Waals surface area contributed by atoms with Gasteiger partial charge in [-0.1, -0.05) is 85.3 Å². The monoisotopic (exact) mass is 469 g/mol. The van der Waals surface area contributed by atoms with Gasteiger partial charge in [0.2, 0.25) is 0 Å². The molecule has 1 aliphatic carbocycles. The third-order valence-electron chi connectivity index (χ3n) is 7.17. The molecular weight excluding hydrogens is 426 g/mol. The SMILES string of the molecule is C/C=C\c1c(C)ccnc1C1CCCC(CC(=O)CCc2cccc(/C=C\c3ccccc3)c2)C1.[HH].[HH].[HH]. The zero-order valence-electron chi connectivity index (χ0n) is 21.1. The molecule has 0 aliphatic heterocycles. The highest BCUT2D eigenvalue weighted by atomic mass is 16.1. The lowest BCUT2D eigenvalue weighted by atomic mass is 9.76. The van der Waals surface area contributed by atoms with Gasteiger partial charge < -0.3 is 0 Å². The highest BCUT2D eigenvalue weighted by molar-refractivity contribution is 5.79. The number of carbonyl (C=O) groups is 1. The smallest absolute Gasteiger partial charge is 0.133 e. The summed E-state index contributed by atoms with van der Waals surface area (Å²) in [5.41, 5.74) is 7.38. The van der Waals surface area contributed by atoms with Crippen molar-refractivity contribution in [2.75, 3.05) is 0 Å². The molecule has 186 valence electrons. The summed E-state index contributed by atoms with van der Waals surface area (Å²) in [7, 11) is 0. The maximum Gasteiger partial charge on any atom is 0.133 e. The summed E-state index contributed by atoms with van der Waals surface area (Å²) < 4.78 is 0. The fourth-order valence-corrected chi connectivity index (χ4v) is 5.34. The Labute approximate surface area is 215 Å². The second kappa shape index (κ2) is 12.4. The minimum absolute atomic E-state index is 0. The molecule has 1 fully saturated rings. The van der Waals surface area contributed by atoms with Crippen LogP contribution >= 0.6 is 0 Å². The van der Waals surface area contributed by atoms with Crippen molar-refractivity contribution in [1.82, 2.24) is 4.98 Å². The molecule has 1 heterocycles. The first kappa shape index (κ1) is 24.9. The third kappa shape index (κ3) is 7.11. The van der Waals surface area contributed by atoms with E-state index in [1.807, 2.05) is 12.3 Å². The lowest BCUT2D eigenvalue weighted by Gasteiger charge is -2.29. The minimum atomic E-state index is 0. The number of hydrogen-bond donors (Lipinski definition) is 0. The first-order valence-corrected chi connectivity index (χ1v) is 13.0. The summed E-state index contributed by atoms with van der Waals surface area (Å²) in [4.78, 5) is 17.7. The second-order valence-electron chi connectivity index (χ2n) is 9.89. The summed E-state index contributed by atoms with van der Waals surface area (Å²) in [5, 5.41) is 0. The lowest BCUT2D eigenvalue weighted by Crippen LogP contribution is -2.19. The number of ketones is 1. The van der Waals surface area contributed by atoms with Crippen molar-refractivity contribution in [3.63, 3.8) is 0 Å². The average molecular weight is 470 g/mol. The van der Waals surface area contributed by atoms with Crippen molar-refractivity contribution >= 4 is 24.0 Å². The van der Waals surface area contributed by atoms with E-state index in [1.165, 1.54) is 46.4 Å². The number of aryl methyl sites for hydroxylation is 2. The Kier molecular flexibility index (Phi) is 8.84. The van der Waals surface area contributed by atoms with E-state index in [9.17, 15) is 4.79 Å². The number of pyridine rings is 1. The van der Waals surface area contributed by atoms with Gasteiger partial charge in [-0.2, -0.15) is 0 Å². The van der Waals surface area contributed by atoms with Gasteiger partial charge in [0, 0.05) is 29.2 Å². The number of hydrogen-bond acceptors (Lipinski definition) is 2. The van der Waals surface area contributed by atoms with Gasteiger partial charge in [0.15, 0.2) is 0 Å². The molecule has 35 heavy (non-hydrogen) atoms. The van der Waals surface area contributed by atoms with Crippen molar-refractivity contribution in [1.29, 1.82) is 0 Å². The topological polar surface area (TPSA) is 30.0 Å². The molecule has 0 radical (unpaired) electrons. The van der Waals surface area contributed by atoms with Crippen LogP contribution in [0.1, 0.15) is 89.2 Å². The zero-order chi connectivity index (χ0) is 24.5. The van der Waals surface area contributed by atoms with Crippen LogP contribution in [0.4, 0.5) is 0 Å². The van der Waals surface area contributed by atoms with Crippen LogP contribution in [-0.2, 0) is 11.2 Å². The predicted octanol–water partition coefficient (Wildman–Crippen LogP) is 9.20. The Bertz CT molecular complexity index is 1190. The average Bonchev–Trinajstić information content (AvgIpc) is 2.88. The van der Waals surface area contributed by atoms with Gasteiger partial charge in [0.05, 0.1) is 5.69 Å². The Morgan fingerprint density at radius 1 is 1.00 bits per heavy atom. The van der Waals surface area contributed by atoms with Crippen LogP contribution in [0, 0.1) is 12.8 Å². The molecule has 2 aromatic carbocycles. The summed E-state index contributed by atoms with van der Waals surface area (Å²) >= 11 is 0. The van der Waals surface area contributed by atoms with E-state index in [1.54, 1.807) is 0 Å². The minimum Gasteiger partial charge on any atom is -0.300 e. The fourth-order valence-electron chi connectivity index (χ4n) is 5.34. The number of benzene rings is 2. The highest BCUT2D eigenvalue weighted by Crippen LogP contribution is 2.39. The van der Waals surface area contributed by atoms with Crippen LogP contribution in [-0.4, -0.2) is 10.8 Å². The molecule has 2 unspecified atom stereocenters. The molecule has 1 aromatic heterocycles. The normalized spacial score (nSPS) is 18.3. The number of nitrogens with zero attached hydrogens (tertiary/aromatic N) is 1. The summed E-state index contributed by atoms with van der Waals surface area (Å²) in [6, 6.07) is 21.0. The van der Waals surface area contributed by atoms with Crippen LogP contribution in [0.5, 0.6) is 0 Å². The Morgan fingerprint density at radius 3 is 2.63 bits per heavy atom. The molecule has 0 saturated heterocycles. The molecule has 2 nitrogen and oxygen atoms in total. The fraction of sp³-hybridized carbons (Fsp3) is 0.333. The molecule has 1 aliphatic rings. The quantitative estimate of drug-likeness (QED) is 0.292. The summed E-state index contributed by atoms with van der Waals surface area (Å²) in [6.45, 7) is 4.23. The van der Waals surface area contributed by atoms with Gasteiger partial charge in [0.25, 0.3) is 0 Å². The van der Waals surface area contributed by atoms with Crippen molar-refractivity contribution in [2.45, 2.75) is 64.7 Å². The van der Waals surface area contributed by atoms with Crippen LogP contribution in [0.3, 0.4) is 0 Å². The molecule has 0 N–H and O–H groups in total. The summed E-state index contributed by atoms with van der Waals surface area (Å²) in [5.74, 6) is 1.33. The Hall–Kier alpha value is -3.26. The lowest BCUT2D eigenvalue weighted by molar-refractivity contribution is -0.120. The molecule has 0 spiro atoms. The maximum atomic E-state index is 12.9. The molecular formula is C33H43NO. The van der Waals surface area contributed by atoms with Crippen molar-refractivity contribution in [3.05, 3.63) is 106 Å². The molecule has 2 heteroatoms. The number of Topliss-reactive ketones (excluding diaryl/α,β-unsaturated/α-hetero) is 1. The van der Waals surface area contributed by atoms with Crippen molar-refractivity contribution in [3.8, 4) is 0 Å². The van der Waals surface area contributed by atoms with Gasteiger partial charge >= 0.3 is 0 Å². The first-order valence-electron chi connectivity index (χ1n) is 13.0. The first-order chi connectivity index (χ1) is 17.1. The molecule has 1 saturated carbocycles. The van der Waals surface area contributed by atoms with E-state index in [-0.39, 0.29) is 4.28 Å². The molecule has 0 bridgehead atoms. The number of aromatic nitrogens is 1. The van der Waals surface area contributed by atoms with E-state index >= 15 is 0 Å². The Balaban J connectivity index is 0.00000241. The van der Waals surface area contributed by atoms with Gasteiger partial charge in [-0.05, 0) is 79.3 Å². The van der Waals surface area contributed by atoms with Crippen molar-refractivity contribution in [2.24, 2.45) is 5.92 Å². The standard InChI is InChI=1S/C33H37NO.3H2/c1-3-9-32-25(2)20-21-34-33(32)30-15-8-14-29(23-30)24-31(35)19-18-28-13-7-12-27(22-28)17-16-26-10-5-4-6-11-26;;;/h3-7,9-13,16-17,20-22,29-30H,8,14-15,18-19,23-24H2,1-2H3;3*1H/b9-3-,17-16-;;;. The molecule has 2 atom stereocenters. The van der Waals surface area contributed by atoms with E-state index in [0.717, 1.165) is 19.3 Å². The number of rotatable bonds is 9. The summed E-state index contributed by atoms with van der Waals surface area (Å²) in [6.07, 6.45) is 17.2. The van der Waals surface area contributed by atoms with Crippen molar-refractivity contribution < 1.29 is 9.07 Å². The maximum absolute atomic E-state index is 12.9. The van der Waals surface area contributed by atoms with Gasteiger partial charge in [0.1, 0.15) is 5.78 Å². The highest BCUT2D eigenvalue weighted by Gasteiger charge is 2.27. The van der Waals surface area contributed by atoms with Gasteiger partial charge in [-0.15, -0.1) is 0 Å². The number of allylic oxidation sites excluding steroid dienone is 1. The van der Waals surface area contributed by atoms with Crippen LogP contribution < -0.4 is 0 Å². The van der Waals surface area contributed by atoms with Gasteiger partial charge in [-0.3, -0.25) is 9.78 Å².